The Labute approximate surface area is 405 Å². The molecule has 0 amide bonds. The van der Waals surface area contributed by atoms with Gasteiger partial charge in [0.05, 0.1) is 61.5 Å². The van der Waals surface area contributed by atoms with E-state index in [0.717, 1.165) is 64.2 Å². The summed E-state index contributed by atoms with van der Waals surface area (Å²) in [4.78, 5) is 0. The van der Waals surface area contributed by atoms with Crippen molar-refractivity contribution in [2.75, 3.05) is 26.4 Å². The molecule has 5 saturated heterocycles. The number of halogens is 16. The third-order valence-electron chi connectivity index (χ3n) is 17.2. The maximum atomic E-state index is 15.0. The minimum atomic E-state index is -5.14. The standard InChI is InChI=1S/C44H64F16N8O4/c45-37(46)41(53,54)13-69-25-23-24(26(70-14-42(55,56)38(47)48)28(72-16-44(59,60)40(51)52)27(25)71-15-43(57,58)39(49)50)36-67-34-22-12-6-4-10-20(22)32(65-34)63-30-18-8-2-1-7-17(18)29(61-30)62-31-19-9-3-5-11-21(19)33(64-31)66-35(23)68-36/h17-40,61-68H,1-16H2. The predicted molar refractivity (Wildman–Crippen MR) is 221 cm³/mol. The Morgan fingerprint density at radius 2 is 0.472 bits per heavy atom. The van der Waals surface area contributed by atoms with Gasteiger partial charge in [0, 0.05) is 11.8 Å². The van der Waals surface area contributed by atoms with Gasteiger partial charge in [-0.3, -0.25) is 42.5 Å². The molecule has 4 aliphatic carbocycles. The molecule has 4 saturated carbocycles. The van der Waals surface area contributed by atoms with E-state index in [1.54, 1.807) is 0 Å². The topological polar surface area (TPSA) is 133 Å². The van der Waals surface area contributed by atoms with Crippen molar-refractivity contribution < 1.29 is 89.2 Å². The lowest BCUT2D eigenvalue weighted by Gasteiger charge is -2.51. The number of alkyl halides is 16. The van der Waals surface area contributed by atoms with Crippen molar-refractivity contribution in [1.29, 1.82) is 0 Å². The van der Waals surface area contributed by atoms with Crippen molar-refractivity contribution in [1.82, 2.24) is 42.5 Å². The molecule has 8 bridgehead atoms. The van der Waals surface area contributed by atoms with Crippen LogP contribution in [-0.4, -0.2) is 150 Å². The van der Waals surface area contributed by atoms with Crippen molar-refractivity contribution in [2.24, 2.45) is 47.3 Å². The maximum absolute atomic E-state index is 15.0. The Hall–Kier alpha value is -1.60. The zero-order valence-electron chi connectivity index (χ0n) is 38.9. The van der Waals surface area contributed by atoms with Crippen LogP contribution in [0.4, 0.5) is 70.2 Å². The normalized spacial score (nSPS) is 42.8. The third kappa shape index (κ3) is 11.1. The first kappa shape index (κ1) is 55.2. The molecule has 0 aromatic heterocycles. The van der Waals surface area contributed by atoms with Crippen molar-refractivity contribution in [3.05, 3.63) is 0 Å². The summed E-state index contributed by atoms with van der Waals surface area (Å²) in [5.74, 6) is -23.9. The molecule has 0 aromatic carbocycles. The summed E-state index contributed by atoms with van der Waals surface area (Å²) in [7, 11) is 0. The van der Waals surface area contributed by atoms with Gasteiger partial charge in [0.2, 0.25) is 0 Å². The lowest BCUT2D eigenvalue weighted by atomic mass is 9.71. The molecule has 20 unspecified atom stereocenters. The van der Waals surface area contributed by atoms with Gasteiger partial charge in [-0.1, -0.05) is 38.5 Å². The number of rotatable bonds is 16. The molecule has 8 N–H and O–H groups in total. The summed E-state index contributed by atoms with van der Waals surface area (Å²) < 4.78 is 251. The fourth-order valence-corrected chi connectivity index (χ4v) is 13.9. The molecule has 28 heteroatoms. The molecule has 5 aliphatic heterocycles. The van der Waals surface area contributed by atoms with Crippen LogP contribution < -0.4 is 42.5 Å². The number of hydrogen-bond donors (Lipinski definition) is 8. The highest BCUT2D eigenvalue weighted by Crippen LogP contribution is 2.49. The highest BCUT2D eigenvalue weighted by molar-refractivity contribution is 5.15. The van der Waals surface area contributed by atoms with Crippen LogP contribution >= 0.6 is 0 Å². The molecule has 9 fully saturated rings. The summed E-state index contributed by atoms with van der Waals surface area (Å²) in [5, 5.41) is 28.7. The smallest absolute Gasteiger partial charge is 0.330 e. The molecule has 416 valence electrons. The van der Waals surface area contributed by atoms with E-state index in [-0.39, 0.29) is 60.2 Å². The first-order chi connectivity index (χ1) is 34.0. The Morgan fingerprint density at radius 3 is 0.681 bits per heavy atom. The second kappa shape index (κ2) is 21.7. The average molecular weight is 1070 g/mol. The van der Waals surface area contributed by atoms with Crippen LogP contribution in [0.25, 0.3) is 0 Å². The van der Waals surface area contributed by atoms with E-state index in [2.05, 4.69) is 42.5 Å². The zero-order valence-corrected chi connectivity index (χ0v) is 38.9. The molecular weight excluding hydrogens is 1010 g/mol. The summed E-state index contributed by atoms with van der Waals surface area (Å²) >= 11 is 0. The average Bonchev–Trinajstić information content (AvgIpc) is 4.07. The van der Waals surface area contributed by atoms with Crippen LogP contribution in [0, 0.1) is 47.3 Å². The first-order valence-corrected chi connectivity index (χ1v) is 25.2. The van der Waals surface area contributed by atoms with Gasteiger partial charge < -0.3 is 18.9 Å². The van der Waals surface area contributed by atoms with E-state index < -0.39 is 137 Å². The summed E-state index contributed by atoms with van der Waals surface area (Å²) in [6.45, 7) is -9.33. The van der Waals surface area contributed by atoms with Crippen molar-refractivity contribution >= 4 is 0 Å². The van der Waals surface area contributed by atoms with Gasteiger partial charge in [0.15, 0.2) is 0 Å². The SMILES string of the molecule is FC(F)C(F)(F)COC1C(OCC(F)(F)C(F)F)C(OCC(F)(F)C(F)F)C2C3NC4NC(NC5NC(NC6NC(NC(N3)C2C1OCC(F)(F)C(F)F)C1CCCCC61)C1CCCCC51)C1CCCCC41. The third-order valence-corrected chi connectivity index (χ3v) is 17.2. The van der Waals surface area contributed by atoms with Gasteiger partial charge in [-0.05, 0) is 74.0 Å². The van der Waals surface area contributed by atoms with Crippen molar-refractivity contribution in [3.8, 4) is 0 Å². The Bertz CT molecular complexity index is 1690. The van der Waals surface area contributed by atoms with E-state index in [0.29, 0.717) is 12.8 Å². The summed E-state index contributed by atoms with van der Waals surface area (Å²) in [5.41, 5.74) is 0. The summed E-state index contributed by atoms with van der Waals surface area (Å²) in [6.07, 6.45) is -23.8. The number of fused-ring (bicyclic) bond motifs is 20. The van der Waals surface area contributed by atoms with Gasteiger partial charge in [-0.15, -0.1) is 0 Å². The van der Waals surface area contributed by atoms with Crippen molar-refractivity contribution in [2.45, 2.75) is 200 Å². The molecule has 0 spiro atoms. The molecule has 9 rings (SSSR count). The highest BCUT2D eigenvalue weighted by Gasteiger charge is 2.65. The van der Waals surface area contributed by atoms with Crippen LogP contribution in [0.1, 0.15) is 77.0 Å². The number of hydrogen-bond acceptors (Lipinski definition) is 12. The van der Waals surface area contributed by atoms with Crippen LogP contribution in [0.2, 0.25) is 0 Å². The molecular formula is C44H64F16N8O4. The van der Waals surface area contributed by atoms with Crippen LogP contribution in [-0.2, 0) is 18.9 Å². The molecule has 5 heterocycles. The van der Waals surface area contributed by atoms with E-state index >= 15 is 17.6 Å². The highest BCUT2D eigenvalue weighted by atomic mass is 19.3. The second-order valence-corrected chi connectivity index (χ2v) is 21.5. The Kier molecular flexibility index (Phi) is 16.6. The van der Waals surface area contributed by atoms with Crippen LogP contribution in [0.3, 0.4) is 0 Å². The van der Waals surface area contributed by atoms with Gasteiger partial charge >= 0.3 is 49.4 Å². The Morgan fingerprint density at radius 1 is 0.292 bits per heavy atom. The molecule has 20 atom stereocenters. The zero-order chi connectivity index (χ0) is 51.7. The minimum Gasteiger partial charge on any atom is -0.368 e. The largest absolute Gasteiger partial charge is 0.368 e. The number of ether oxygens (including phenoxy) is 4. The van der Waals surface area contributed by atoms with Gasteiger partial charge in [0.1, 0.15) is 38.6 Å². The van der Waals surface area contributed by atoms with Gasteiger partial charge in [-0.2, -0.15) is 35.1 Å². The minimum absolute atomic E-state index is 0.0488. The van der Waals surface area contributed by atoms with E-state index in [9.17, 15) is 52.7 Å². The lowest BCUT2D eigenvalue weighted by Crippen LogP contribution is -2.67. The monoisotopic (exact) mass is 1070 g/mol. The molecule has 0 radical (unpaired) electrons. The van der Waals surface area contributed by atoms with E-state index in [4.69, 9.17) is 18.9 Å². The molecule has 12 nitrogen and oxygen atoms in total. The number of nitrogens with one attached hydrogen (secondary N) is 8. The fraction of sp³-hybridized carbons (Fsp3) is 1.00. The maximum Gasteiger partial charge on any atom is 0.330 e. The van der Waals surface area contributed by atoms with E-state index in [1.165, 1.54) is 0 Å². The Balaban J connectivity index is 1.18. The molecule has 0 aromatic rings. The van der Waals surface area contributed by atoms with Crippen molar-refractivity contribution in [3.63, 3.8) is 0 Å². The summed E-state index contributed by atoms with van der Waals surface area (Å²) in [6, 6.07) is 0. The van der Waals surface area contributed by atoms with Gasteiger partial charge in [0.25, 0.3) is 0 Å². The molecule has 9 aliphatic rings. The first-order valence-electron chi connectivity index (χ1n) is 25.2. The van der Waals surface area contributed by atoms with Crippen LogP contribution in [0.15, 0.2) is 0 Å². The quantitative estimate of drug-likeness (QED) is 0.0840. The molecule has 72 heavy (non-hydrogen) atoms. The predicted octanol–water partition coefficient (Wildman–Crippen LogP) is 6.19. The van der Waals surface area contributed by atoms with E-state index in [1.807, 2.05) is 0 Å². The van der Waals surface area contributed by atoms with Gasteiger partial charge in [-0.25, -0.2) is 35.1 Å². The van der Waals surface area contributed by atoms with Crippen LogP contribution in [0.5, 0.6) is 0 Å². The second-order valence-electron chi connectivity index (χ2n) is 21.5. The lowest BCUT2D eigenvalue weighted by molar-refractivity contribution is -0.290. The fourth-order valence-electron chi connectivity index (χ4n) is 13.9.